The maximum absolute atomic E-state index is 6.24. The van der Waals surface area contributed by atoms with E-state index in [1.807, 2.05) is 12.3 Å². The van der Waals surface area contributed by atoms with Crippen LogP contribution >= 0.6 is 12.4 Å². The molecule has 1 spiro atoms. The van der Waals surface area contributed by atoms with E-state index < -0.39 is 0 Å². The molecule has 3 aliphatic rings. The minimum atomic E-state index is 0. The fourth-order valence-corrected chi connectivity index (χ4v) is 4.04. The number of hydrogen-bond acceptors (Lipinski definition) is 3. The molecule has 0 N–H and O–H groups in total. The number of nitrogens with zero attached hydrogens (tertiary/aromatic N) is 2. The Bertz CT molecular complexity index is 467. The molecule has 2 unspecified atom stereocenters. The molecule has 2 fully saturated rings. The molecule has 0 saturated carbocycles. The van der Waals surface area contributed by atoms with Gasteiger partial charge in [0.15, 0.2) is 0 Å². The number of rotatable bonds is 0. The van der Waals surface area contributed by atoms with Crippen LogP contribution in [0.4, 0.5) is 0 Å². The molecule has 4 rings (SSSR count). The maximum atomic E-state index is 6.24. The van der Waals surface area contributed by atoms with Crippen LogP contribution in [-0.4, -0.2) is 35.6 Å². The van der Waals surface area contributed by atoms with E-state index in [-0.39, 0.29) is 12.4 Å². The zero-order valence-corrected chi connectivity index (χ0v) is 11.4. The zero-order valence-electron chi connectivity index (χ0n) is 10.6. The van der Waals surface area contributed by atoms with E-state index in [2.05, 4.69) is 22.9 Å². The summed E-state index contributed by atoms with van der Waals surface area (Å²) >= 11 is 0. The summed E-state index contributed by atoms with van der Waals surface area (Å²) in [5, 5.41) is 0. The fraction of sp³-hybridized carbons (Fsp3) is 0.643. The molecule has 3 nitrogen and oxygen atoms in total. The lowest BCUT2D eigenvalue weighted by atomic mass is 9.66. The highest BCUT2D eigenvalue weighted by Gasteiger charge is 2.55. The van der Waals surface area contributed by atoms with Crippen molar-refractivity contribution in [3.05, 3.63) is 24.0 Å². The Hall–Kier alpha value is -0.800. The molecule has 0 amide bonds. The quantitative estimate of drug-likeness (QED) is 0.721. The number of hydrogen-bond donors (Lipinski definition) is 0. The van der Waals surface area contributed by atoms with Crippen LogP contribution in [0.2, 0.25) is 0 Å². The molecule has 1 aromatic heterocycles. The van der Waals surface area contributed by atoms with Gasteiger partial charge < -0.3 is 9.64 Å². The molecule has 2 saturated heterocycles. The summed E-state index contributed by atoms with van der Waals surface area (Å²) in [6, 6.07) is 4.06. The molecule has 0 radical (unpaired) electrons. The minimum Gasteiger partial charge on any atom is -0.488 e. The van der Waals surface area contributed by atoms with Crippen LogP contribution < -0.4 is 4.74 Å². The third-order valence-corrected chi connectivity index (χ3v) is 5.10. The van der Waals surface area contributed by atoms with Crippen molar-refractivity contribution in [2.45, 2.75) is 31.8 Å². The maximum Gasteiger partial charge on any atom is 0.141 e. The first-order chi connectivity index (χ1) is 8.29. The highest BCUT2D eigenvalue weighted by Crippen LogP contribution is 2.54. The molecular formula is C14H19ClN2O. The highest BCUT2D eigenvalue weighted by atomic mass is 35.5. The third-order valence-electron chi connectivity index (χ3n) is 5.10. The Labute approximate surface area is 114 Å². The van der Waals surface area contributed by atoms with Gasteiger partial charge in [-0.15, -0.1) is 12.4 Å². The van der Waals surface area contributed by atoms with Crippen molar-refractivity contribution >= 4 is 12.4 Å². The van der Waals surface area contributed by atoms with Crippen molar-refractivity contribution in [2.24, 2.45) is 5.41 Å². The largest absolute Gasteiger partial charge is 0.488 e. The Morgan fingerprint density at radius 2 is 2.33 bits per heavy atom. The summed E-state index contributed by atoms with van der Waals surface area (Å²) in [7, 11) is 0. The first-order valence-corrected chi connectivity index (χ1v) is 6.63. The monoisotopic (exact) mass is 266 g/mol. The first-order valence-electron chi connectivity index (χ1n) is 6.63. The van der Waals surface area contributed by atoms with E-state index in [9.17, 15) is 0 Å². The predicted octanol–water partition coefficient (Wildman–Crippen LogP) is 2.46. The van der Waals surface area contributed by atoms with Gasteiger partial charge in [-0.2, -0.15) is 0 Å². The number of aromatic nitrogens is 1. The molecular weight excluding hydrogens is 248 g/mol. The SMILES string of the molecule is CC1c2ncccc2OC2CC[N@@]3CC[C@@]21C3.Cl. The molecule has 3 aliphatic heterocycles. The van der Waals surface area contributed by atoms with E-state index in [1.165, 1.54) is 38.2 Å². The highest BCUT2D eigenvalue weighted by molar-refractivity contribution is 5.85. The predicted molar refractivity (Wildman–Crippen MR) is 72.4 cm³/mol. The van der Waals surface area contributed by atoms with Crippen molar-refractivity contribution in [1.29, 1.82) is 0 Å². The molecule has 4 heterocycles. The molecule has 98 valence electrons. The van der Waals surface area contributed by atoms with Crippen LogP contribution in [0.5, 0.6) is 5.75 Å². The second-order valence-electron chi connectivity index (χ2n) is 5.76. The fourth-order valence-electron chi connectivity index (χ4n) is 4.04. The Morgan fingerprint density at radius 3 is 3.22 bits per heavy atom. The van der Waals surface area contributed by atoms with E-state index in [0.717, 1.165) is 5.75 Å². The molecule has 4 heteroatoms. The third kappa shape index (κ3) is 1.44. The van der Waals surface area contributed by atoms with E-state index >= 15 is 0 Å². The van der Waals surface area contributed by atoms with Crippen molar-refractivity contribution in [2.75, 3.05) is 19.6 Å². The van der Waals surface area contributed by atoms with E-state index in [4.69, 9.17) is 4.74 Å². The van der Waals surface area contributed by atoms with Gasteiger partial charge in [0.1, 0.15) is 11.9 Å². The first kappa shape index (κ1) is 12.2. The van der Waals surface area contributed by atoms with Crippen LogP contribution in [-0.2, 0) is 0 Å². The molecule has 4 atom stereocenters. The van der Waals surface area contributed by atoms with Crippen LogP contribution in [0.15, 0.2) is 18.3 Å². The van der Waals surface area contributed by atoms with Gasteiger partial charge in [-0.25, -0.2) is 0 Å². The standard InChI is InChI=1S/C14H18N2O.ClH/c1-10-13-11(3-2-6-15-13)17-12-4-7-16-8-5-14(10,12)9-16;/h2-3,6,10,12H,4-5,7-9H2,1H3;1H/t10?,12?,14-;/m0./s1. The Morgan fingerprint density at radius 1 is 1.44 bits per heavy atom. The summed E-state index contributed by atoms with van der Waals surface area (Å²) in [5.41, 5.74) is 1.51. The van der Waals surface area contributed by atoms with Crippen molar-refractivity contribution in [3.8, 4) is 5.75 Å². The minimum absolute atomic E-state index is 0. The summed E-state index contributed by atoms with van der Waals surface area (Å²) in [4.78, 5) is 7.15. The second kappa shape index (κ2) is 4.10. The number of fused-ring (bicyclic) bond motifs is 2. The van der Waals surface area contributed by atoms with Crippen LogP contribution in [0.3, 0.4) is 0 Å². The van der Waals surface area contributed by atoms with Crippen molar-refractivity contribution in [1.82, 2.24) is 9.88 Å². The normalized spacial score (nSPS) is 40.2. The lowest BCUT2D eigenvalue weighted by Gasteiger charge is -2.48. The van der Waals surface area contributed by atoms with Gasteiger partial charge in [-0.05, 0) is 31.5 Å². The lowest BCUT2D eigenvalue weighted by Crippen LogP contribution is -2.52. The van der Waals surface area contributed by atoms with Crippen molar-refractivity contribution < 1.29 is 4.74 Å². The Kier molecular flexibility index (Phi) is 2.79. The average molecular weight is 267 g/mol. The molecule has 18 heavy (non-hydrogen) atoms. The number of halogens is 1. The molecule has 2 bridgehead atoms. The van der Waals surface area contributed by atoms with Gasteiger partial charge in [0.2, 0.25) is 0 Å². The second-order valence-corrected chi connectivity index (χ2v) is 5.76. The van der Waals surface area contributed by atoms with Gasteiger partial charge in [-0.1, -0.05) is 6.92 Å². The van der Waals surface area contributed by atoms with Gasteiger partial charge in [-0.3, -0.25) is 4.98 Å². The van der Waals surface area contributed by atoms with Gasteiger partial charge in [0.25, 0.3) is 0 Å². The summed E-state index contributed by atoms with van der Waals surface area (Å²) in [6.45, 7) is 5.99. The number of pyridine rings is 1. The topological polar surface area (TPSA) is 25.4 Å². The van der Waals surface area contributed by atoms with Gasteiger partial charge in [0.05, 0.1) is 5.69 Å². The summed E-state index contributed by atoms with van der Waals surface area (Å²) < 4.78 is 6.24. The summed E-state index contributed by atoms with van der Waals surface area (Å²) in [5.74, 6) is 1.55. The van der Waals surface area contributed by atoms with Crippen LogP contribution in [0.25, 0.3) is 0 Å². The van der Waals surface area contributed by atoms with Crippen LogP contribution in [0, 0.1) is 5.41 Å². The molecule has 0 aliphatic carbocycles. The van der Waals surface area contributed by atoms with Gasteiger partial charge in [0, 0.05) is 30.6 Å². The zero-order chi connectivity index (χ0) is 11.5. The van der Waals surface area contributed by atoms with Crippen LogP contribution in [0.1, 0.15) is 31.4 Å². The summed E-state index contributed by atoms with van der Waals surface area (Å²) in [6.07, 6.45) is 4.76. The van der Waals surface area contributed by atoms with Gasteiger partial charge >= 0.3 is 0 Å². The van der Waals surface area contributed by atoms with E-state index in [1.54, 1.807) is 0 Å². The molecule has 0 aromatic carbocycles. The number of piperidine rings is 1. The Balaban J connectivity index is 0.000001000. The number of ether oxygens (including phenoxy) is 1. The average Bonchev–Trinajstić information content (AvgIpc) is 2.71. The molecule has 1 aromatic rings. The van der Waals surface area contributed by atoms with Crippen molar-refractivity contribution in [3.63, 3.8) is 0 Å². The smallest absolute Gasteiger partial charge is 0.141 e. The van der Waals surface area contributed by atoms with E-state index in [0.29, 0.717) is 17.4 Å². The lowest BCUT2D eigenvalue weighted by molar-refractivity contribution is -0.0196.